The van der Waals surface area contributed by atoms with Crippen molar-refractivity contribution in [2.24, 2.45) is 0 Å². The number of nitrogens with zero attached hydrogens (tertiary/aromatic N) is 1. The van der Waals surface area contributed by atoms with Gasteiger partial charge in [0.1, 0.15) is 0 Å². The minimum atomic E-state index is -3.71. The van der Waals surface area contributed by atoms with E-state index in [1.165, 1.54) is 19.2 Å². The minimum Gasteiger partial charge on any atom is -0.383 e. The molecule has 0 saturated heterocycles. The zero-order valence-corrected chi connectivity index (χ0v) is 19.6. The number of carbonyl (C=O) groups is 1. The molecule has 0 atom stereocenters. The zero-order chi connectivity index (χ0) is 22.0. The predicted octanol–water partition coefficient (Wildman–Crippen LogP) is 3.02. The number of hydrogen-bond donors (Lipinski definition) is 2. The highest BCUT2D eigenvalue weighted by molar-refractivity contribution is 9.10. The number of para-hydroxylation sites is 1. The number of ether oxygens (including phenoxy) is 1. The number of carbonyl (C=O) groups excluding carboxylic acids is 1. The lowest BCUT2D eigenvalue weighted by Gasteiger charge is -2.23. The maximum Gasteiger partial charge on any atom is 0.252 e. The van der Waals surface area contributed by atoms with Crippen LogP contribution in [0.15, 0.2) is 57.9 Å². The van der Waals surface area contributed by atoms with Crippen LogP contribution in [-0.4, -0.2) is 54.2 Å². The normalized spacial score (nSPS) is 11.3. The number of halogens is 1. The Labute approximate surface area is 187 Å². The van der Waals surface area contributed by atoms with Gasteiger partial charge in [-0.2, -0.15) is 0 Å². The molecule has 0 aliphatic heterocycles. The molecule has 0 aromatic heterocycles. The van der Waals surface area contributed by atoms with Gasteiger partial charge >= 0.3 is 0 Å². The molecular weight excluding hydrogens is 470 g/mol. The fourth-order valence-corrected chi connectivity index (χ4v) is 4.35. The molecule has 7 nitrogen and oxygen atoms in total. The third-order valence-electron chi connectivity index (χ3n) is 4.48. The molecule has 1 amide bonds. The van der Waals surface area contributed by atoms with Crippen LogP contribution in [-0.2, 0) is 14.8 Å². The Morgan fingerprint density at radius 2 is 1.87 bits per heavy atom. The molecule has 0 spiro atoms. The van der Waals surface area contributed by atoms with Crippen LogP contribution in [0.1, 0.15) is 23.7 Å². The van der Waals surface area contributed by atoms with Crippen molar-refractivity contribution in [3.05, 3.63) is 58.6 Å². The molecule has 0 heterocycles. The maximum atomic E-state index is 12.6. The average Bonchev–Trinajstić information content (AvgIpc) is 2.74. The van der Waals surface area contributed by atoms with Crippen molar-refractivity contribution in [3.63, 3.8) is 0 Å². The number of benzene rings is 2. The average molecular weight is 498 g/mol. The quantitative estimate of drug-likeness (QED) is 0.440. The lowest BCUT2D eigenvalue weighted by Crippen LogP contribution is -2.30. The molecular formula is C21H28BrN3O4S. The van der Waals surface area contributed by atoms with Gasteiger partial charge in [0.2, 0.25) is 10.0 Å². The Morgan fingerprint density at radius 3 is 2.53 bits per heavy atom. The van der Waals surface area contributed by atoms with Gasteiger partial charge in [0.15, 0.2) is 0 Å². The fraction of sp³-hybridized carbons (Fsp3) is 0.381. The van der Waals surface area contributed by atoms with E-state index in [1.54, 1.807) is 6.07 Å². The first-order valence-corrected chi connectivity index (χ1v) is 12.0. The van der Waals surface area contributed by atoms with Crippen LogP contribution < -0.4 is 14.9 Å². The maximum absolute atomic E-state index is 12.6. The topological polar surface area (TPSA) is 87.7 Å². The Bertz CT molecular complexity index is 923. The molecule has 2 aromatic carbocycles. The van der Waals surface area contributed by atoms with Gasteiger partial charge in [-0.1, -0.05) is 18.2 Å². The summed E-state index contributed by atoms with van der Waals surface area (Å²) in [5.41, 5.74) is 1.42. The fourth-order valence-electron chi connectivity index (χ4n) is 2.88. The van der Waals surface area contributed by atoms with Crippen LogP contribution >= 0.6 is 15.9 Å². The summed E-state index contributed by atoms with van der Waals surface area (Å²) in [4.78, 5) is 14.9. The lowest BCUT2D eigenvalue weighted by atomic mass is 10.2. The van der Waals surface area contributed by atoms with Crippen LogP contribution in [0.3, 0.4) is 0 Å². The molecule has 0 unspecified atom stereocenters. The second-order valence-corrected chi connectivity index (χ2v) is 9.18. The molecule has 0 aliphatic carbocycles. The van der Waals surface area contributed by atoms with Crippen LogP contribution in [0, 0.1) is 0 Å². The van der Waals surface area contributed by atoms with E-state index < -0.39 is 10.0 Å². The second-order valence-electron chi connectivity index (χ2n) is 6.56. The number of anilines is 1. The number of rotatable bonds is 12. The number of methoxy groups -OCH3 is 1. The highest BCUT2D eigenvalue weighted by Crippen LogP contribution is 2.21. The summed E-state index contributed by atoms with van der Waals surface area (Å²) >= 11 is 3.33. The molecule has 0 fully saturated rings. The van der Waals surface area contributed by atoms with Crippen molar-refractivity contribution >= 4 is 37.5 Å². The number of hydrogen-bond acceptors (Lipinski definition) is 5. The lowest BCUT2D eigenvalue weighted by molar-refractivity contribution is 0.0952. The van der Waals surface area contributed by atoms with Crippen LogP contribution in [0.5, 0.6) is 0 Å². The molecule has 2 N–H and O–H groups in total. The van der Waals surface area contributed by atoms with Gasteiger partial charge in [0.05, 0.1) is 17.1 Å². The number of sulfonamides is 1. The van der Waals surface area contributed by atoms with Crippen LogP contribution in [0.2, 0.25) is 0 Å². The van der Waals surface area contributed by atoms with Crippen molar-refractivity contribution < 1.29 is 17.9 Å². The summed E-state index contributed by atoms with van der Waals surface area (Å²) < 4.78 is 32.6. The number of amides is 1. The number of nitrogens with one attached hydrogen (secondary N) is 2. The van der Waals surface area contributed by atoms with Crippen molar-refractivity contribution in [2.75, 3.05) is 44.8 Å². The smallest absolute Gasteiger partial charge is 0.252 e. The van der Waals surface area contributed by atoms with Gasteiger partial charge in [0.25, 0.3) is 5.91 Å². The van der Waals surface area contributed by atoms with Crippen molar-refractivity contribution in [3.8, 4) is 0 Å². The summed E-state index contributed by atoms with van der Waals surface area (Å²) in [6.07, 6.45) is 0.767. The molecule has 164 valence electrons. The molecule has 0 saturated carbocycles. The van der Waals surface area contributed by atoms with Crippen LogP contribution in [0.25, 0.3) is 0 Å². The largest absolute Gasteiger partial charge is 0.383 e. The first-order chi connectivity index (χ1) is 14.4. The molecule has 0 radical (unpaired) electrons. The molecule has 9 heteroatoms. The predicted molar refractivity (Wildman–Crippen MR) is 122 cm³/mol. The monoisotopic (exact) mass is 497 g/mol. The Kier molecular flexibility index (Phi) is 9.77. The van der Waals surface area contributed by atoms with Gasteiger partial charge in [-0.25, -0.2) is 13.1 Å². The van der Waals surface area contributed by atoms with Crippen molar-refractivity contribution in [1.29, 1.82) is 0 Å². The zero-order valence-electron chi connectivity index (χ0n) is 17.2. The standard InChI is InChI=1S/C21H28BrN3O4S/c1-3-25(17-8-5-4-6-9-17)14-7-12-23-21(26)19-16-18(10-11-20(19)22)30(27,28)24-13-15-29-2/h4-6,8-11,16,24H,3,7,12-15H2,1-2H3,(H,23,26). The molecule has 30 heavy (non-hydrogen) atoms. The summed E-state index contributed by atoms with van der Waals surface area (Å²) in [7, 11) is -2.22. The Morgan fingerprint density at radius 1 is 1.13 bits per heavy atom. The Balaban J connectivity index is 1.95. The molecule has 2 aromatic rings. The minimum absolute atomic E-state index is 0.0354. The van der Waals surface area contributed by atoms with E-state index in [4.69, 9.17) is 4.74 Å². The molecule has 0 bridgehead atoms. The van der Waals surface area contributed by atoms with Gasteiger partial charge in [-0.15, -0.1) is 0 Å². The van der Waals surface area contributed by atoms with E-state index in [9.17, 15) is 13.2 Å². The van der Waals surface area contributed by atoms with Gasteiger partial charge in [0, 0.05) is 43.4 Å². The summed E-state index contributed by atoms with van der Waals surface area (Å²) in [5, 5.41) is 2.87. The van der Waals surface area contributed by atoms with Gasteiger partial charge < -0.3 is 15.0 Å². The molecule has 2 rings (SSSR count). The first-order valence-electron chi connectivity index (χ1n) is 9.75. The highest BCUT2D eigenvalue weighted by atomic mass is 79.9. The molecule has 0 aliphatic rings. The SMILES string of the molecule is CCN(CCCNC(=O)c1cc(S(=O)(=O)NCCOC)ccc1Br)c1ccccc1. The van der Waals surface area contributed by atoms with Gasteiger partial charge in [-0.3, -0.25) is 4.79 Å². The van der Waals surface area contributed by atoms with Crippen molar-refractivity contribution in [2.45, 2.75) is 18.2 Å². The second kappa shape index (κ2) is 12.0. The summed E-state index contributed by atoms with van der Waals surface area (Å²) in [6, 6.07) is 14.5. The summed E-state index contributed by atoms with van der Waals surface area (Å²) in [5.74, 6) is -0.321. The van der Waals surface area contributed by atoms with E-state index in [0.29, 0.717) is 11.0 Å². The Hall–Kier alpha value is -1.94. The van der Waals surface area contributed by atoms with E-state index in [2.05, 4.69) is 49.9 Å². The van der Waals surface area contributed by atoms with E-state index in [-0.39, 0.29) is 29.5 Å². The third kappa shape index (κ3) is 7.09. The third-order valence-corrected chi connectivity index (χ3v) is 6.63. The van der Waals surface area contributed by atoms with Crippen molar-refractivity contribution in [1.82, 2.24) is 10.0 Å². The van der Waals surface area contributed by atoms with E-state index in [1.807, 2.05) is 18.2 Å². The van der Waals surface area contributed by atoms with Gasteiger partial charge in [-0.05, 0) is 59.6 Å². The van der Waals surface area contributed by atoms with E-state index >= 15 is 0 Å². The highest BCUT2D eigenvalue weighted by Gasteiger charge is 2.18. The van der Waals surface area contributed by atoms with Crippen LogP contribution in [0.4, 0.5) is 5.69 Å². The summed E-state index contributed by atoms with van der Waals surface area (Å²) in [6.45, 7) is 4.68. The first kappa shape index (κ1) is 24.3. The van der Waals surface area contributed by atoms with E-state index in [0.717, 1.165) is 25.2 Å².